The van der Waals surface area contributed by atoms with E-state index in [1.165, 1.54) is 22.0 Å². The van der Waals surface area contributed by atoms with Crippen LogP contribution in [-0.4, -0.2) is 31.7 Å². The fourth-order valence-corrected chi connectivity index (χ4v) is 3.85. The van der Waals surface area contributed by atoms with Crippen molar-refractivity contribution in [3.63, 3.8) is 0 Å². The van der Waals surface area contributed by atoms with Crippen molar-refractivity contribution in [3.05, 3.63) is 60.2 Å². The second-order valence-corrected chi connectivity index (χ2v) is 8.01. The Balaban J connectivity index is 2.07. The van der Waals surface area contributed by atoms with Crippen molar-refractivity contribution < 1.29 is 13.2 Å². The van der Waals surface area contributed by atoms with Gasteiger partial charge in [-0.15, -0.1) is 0 Å². The van der Waals surface area contributed by atoms with E-state index >= 15 is 0 Å². The number of rotatable bonds is 7. The van der Waals surface area contributed by atoms with Gasteiger partial charge < -0.3 is 5.32 Å². The van der Waals surface area contributed by atoms with Crippen LogP contribution in [0.15, 0.2) is 59.5 Å². The third-order valence-corrected chi connectivity index (χ3v) is 5.85. The third kappa shape index (κ3) is 4.90. The van der Waals surface area contributed by atoms with Gasteiger partial charge in [0.05, 0.1) is 11.4 Å². The third-order valence-electron chi connectivity index (χ3n) is 3.91. The molecule has 0 fully saturated rings. The second-order valence-electron chi connectivity index (χ2n) is 6.07. The van der Waals surface area contributed by atoms with Gasteiger partial charge in [0.2, 0.25) is 15.9 Å². The molecule has 0 aromatic heterocycles. The first-order valence-electron chi connectivity index (χ1n) is 8.29. The lowest BCUT2D eigenvalue weighted by Crippen LogP contribution is -2.37. The maximum absolute atomic E-state index is 12.6. The van der Waals surface area contributed by atoms with E-state index in [9.17, 15) is 13.2 Å². The first-order chi connectivity index (χ1) is 11.8. The average Bonchev–Trinajstić information content (AvgIpc) is 2.60. The molecular formula is C19H24N2O3S. The van der Waals surface area contributed by atoms with Crippen LogP contribution in [0.2, 0.25) is 0 Å². The Morgan fingerprint density at radius 1 is 1.04 bits per heavy atom. The first kappa shape index (κ1) is 19.1. The number of nitrogens with zero attached hydrogens (tertiary/aromatic N) is 1. The van der Waals surface area contributed by atoms with Crippen LogP contribution >= 0.6 is 0 Å². The van der Waals surface area contributed by atoms with E-state index in [4.69, 9.17) is 0 Å². The first-order valence-corrected chi connectivity index (χ1v) is 9.73. The van der Waals surface area contributed by atoms with Crippen molar-refractivity contribution in [3.8, 4) is 0 Å². The number of amides is 1. The zero-order valence-corrected chi connectivity index (χ0v) is 15.6. The lowest BCUT2D eigenvalue weighted by Gasteiger charge is -2.20. The van der Waals surface area contributed by atoms with Crippen LogP contribution in [0.4, 0.5) is 5.69 Å². The summed E-state index contributed by atoms with van der Waals surface area (Å²) in [5.41, 5.74) is 1.84. The van der Waals surface area contributed by atoms with Gasteiger partial charge in [0.15, 0.2) is 0 Å². The molecule has 0 unspecified atom stereocenters. The van der Waals surface area contributed by atoms with Crippen LogP contribution in [0.25, 0.3) is 0 Å². The number of carbonyl (C=O) groups is 1. The number of hydrogen-bond acceptors (Lipinski definition) is 3. The highest BCUT2D eigenvalue weighted by Crippen LogP contribution is 2.18. The Morgan fingerprint density at radius 3 is 2.16 bits per heavy atom. The van der Waals surface area contributed by atoms with Crippen LogP contribution in [0.3, 0.4) is 0 Å². The van der Waals surface area contributed by atoms with Gasteiger partial charge in [0.25, 0.3) is 0 Å². The molecule has 0 aliphatic rings. The zero-order chi connectivity index (χ0) is 18.4. The summed E-state index contributed by atoms with van der Waals surface area (Å²) in [5.74, 6) is 0.0509. The molecule has 134 valence electrons. The lowest BCUT2D eigenvalue weighted by atomic mass is 10.0. The Kier molecular flexibility index (Phi) is 6.33. The van der Waals surface area contributed by atoms with E-state index in [1.807, 2.05) is 24.3 Å². The van der Waals surface area contributed by atoms with Gasteiger partial charge in [-0.3, -0.25) is 4.79 Å². The number of nitrogens with one attached hydrogen (secondary N) is 1. The monoisotopic (exact) mass is 360 g/mol. The van der Waals surface area contributed by atoms with E-state index in [0.29, 0.717) is 11.6 Å². The smallest absolute Gasteiger partial charge is 0.243 e. The van der Waals surface area contributed by atoms with Crippen molar-refractivity contribution in [1.82, 2.24) is 4.31 Å². The summed E-state index contributed by atoms with van der Waals surface area (Å²) in [6.45, 7) is 5.91. The van der Waals surface area contributed by atoms with Crippen molar-refractivity contribution >= 4 is 21.6 Å². The molecule has 6 heteroatoms. The van der Waals surface area contributed by atoms with Gasteiger partial charge in [0, 0.05) is 12.2 Å². The summed E-state index contributed by atoms with van der Waals surface area (Å²) in [6, 6.07) is 15.7. The normalized spacial score (nSPS) is 11.7. The lowest BCUT2D eigenvalue weighted by molar-refractivity contribution is -0.116. The summed E-state index contributed by atoms with van der Waals surface area (Å²) in [5, 5.41) is 2.75. The highest BCUT2D eigenvalue weighted by Gasteiger charge is 2.24. The fourth-order valence-electron chi connectivity index (χ4n) is 2.42. The maximum atomic E-state index is 12.6. The minimum atomic E-state index is -3.68. The van der Waals surface area contributed by atoms with Gasteiger partial charge in [0.1, 0.15) is 0 Å². The van der Waals surface area contributed by atoms with Gasteiger partial charge in [-0.25, -0.2) is 8.42 Å². The van der Waals surface area contributed by atoms with Crippen LogP contribution in [0.5, 0.6) is 0 Å². The minimum Gasteiger partial charge on any atom is -0.325 e. The molecule has 1 amide bonds. The molecule has 0 aliphatic heterocycles. The summed E-state index contributed by atoms with van der Waals surface area (Å²) in [4.78, 5) is 12.4. The standard InChI is InChI=1S/C19H24N2O3S/c1-4-21(25(23,24)18-8-6-5-7-9-18)14-19(22)20-17-12-10-16(11-13-17)15(2)3/h5-13,15H,4,14H2,1-3H3,(H,20,22). The maximum Gasteiger partial charge on any atom is 0.243 e. The molecule has 0 radical (unpaired) electrons. The molecule has 0 bridgehead atoms. The number of sulfonamides is 1. The predicted molar refractivity (Wildman–Crippen MR) is 100 cm³/mol. The van der Waals surface area contributed by atoms with Crippen molar-refractivity contribution in [2.45, 2.75) is 31.6 Å². The molecule has 1 N–H and O–H groups in total. The number of benzene rings is 2. The van der Waals surface area contributed by atoms with Crippen LogP contribution < -0.4 is 5.32 Å². The molecule has 0 atom stereocenters. The number of anilines is 1. The molecule has 2 rings (SSSR count). The summed E-state index contributed by atoms with van der Waals surface area (Å²) in [7, 11) is -3.68. The van der Waals surface area contributed by atoms with Crippen molar-refractivity contribution in [2.24, 2.45) is 0 Å². The number of likely N-dealkylation sites (N-methyl/N-ethyl adjacent to an activating group) is 1. The van der Waals surface area contributed by atoms with Crippen molar-refractivity contribution in [2.75, 3.05) is 18.4 Å². The fraction of sp³-hybridized carbons (Fsp3) is 0.316. The number of hydrogen-bond donors (Lipinski definition) is 1. The molecule has 0 heterocycles. The SMILES string of the molecule is CCN(CC(=O)Nc1ccc(C(C)C)cc1)S(=O)(=O)c1ccccc1. The summed E-state index contributed by atoms with van der Waals surface area (Å²) in [6.07, 6.45) is 0. The predicted octanol–water partition coefficient (Wildman–Crippen LogP) is 3.46. The highest BCUT2D eigenvalue weighted by atomic mass is 32.2. The van der Waals surface area contributed by atoms with Crippen molar-refractivity contribution in [1.29, 1.82) is 0 Å². The van der Waals surface area contributed by atoms with Gasteiger partial charge in [-0.1, -0.05) is 51.1 Å². The van der Waals surface area contributed by atoms with E-state index in [-0.39, 0.29) is 23.9 Å². The van der Waals surface area contributed by atoms with Gasteiger partial charge in [-0.2, -0.15) is 4.31 Å². The van der Waals surface area contributed by atoms with Crippen LogP contribution in [0.1, 0.15) is 32.3 Å². The second kappa shape index (κ2) is 8.27. The molecule has 0 spiro atoms. The van der Waals surface area contributed by atoms with E-state index in [2.05, 4.69) is 19.2 Å². The van der Waals surface area contributed by atoms with Gasteiger partial charge in [-0.05, 0) is 35.7 Å². The zero-order valence-electron chi connectivity index (χ0n) is 14.8. The Bertz CT molecular complexity index is 800. The Morgan fingerprint density at radius 2 is 1.64 bits per heavy atom. The molecular weight excluding hydrogens is 336 g/mol. The molecule has 0 aliphatic carbocycles. The highest BCUT2D eigenvalue weighted by molar-refractivity contribution is 7.89. The minimum absolute atomic E-state index is 0.186. The summed E-state index contributed by atoms with van der Waals surface area (Å²) < 4.78 is 26.4. The molecule has 5 nitrogen and oxygen atoms in total. The van der Waals surface area contributed by atoms with Crippen LogP contribution in [-0.2, 0) is 14.8 Å². The molecule has 0 saturated carbocycles. The Hall–Kier alpha value is -2.18. The molecule has 2 aromatic carbocycles. The molecule has 2 aromatic rings. The molecule has 0 saturated heterocycles. The topological polar surface area (TPSA) is 66.5 Å². The van der Waals surface area contributed by atoms with E-state index in [0.717, 1.165) is 0 Å². The number of carbonyl (C=O) groups excluding carboxylic acids is 1. The quantitative estimate of drug-likeness (QED) is 0.822. The Labute approximate surface area is 149 Å². The largest absolute Gasteiger partial charge is 0.325 e. The van der Waals surface area contributed by atoms with E-state index < -0.39 is 10.0 Å². The van der Waals surface area contributed by atoms with E-state index in [1.54, 1.807) is 25.1 Å². The molecule has 25 heavy (non-hydrogen) atoms. The average molecular weight is 360 g/mol. The summed E-state index contributed by atoms with van der Waals surface area (Å²) >= 11 is 0. The van der Waals surface area contributed by atoms with Crippen LogP contribution in [0, 0.1) is 0 Å². The van der Waals surface area contributed by atoms with Gasteiger partial charge >= 0.3 is 0 Å².